The molecule has 7 nitrogen and oxygen atoms in total. The lowest BCUT2D eigenvalue weighted by molar-refractivity contribution is -0.140. The summed E-state index contributed by atoms with van der Waals surface area (Å²) in [5.74, 6) is -0.620. The summed E-state index contributed by atoms with van der Waals surface area (Å²) in [6, 6.07) is 20.8. The van der Waals surface area contributed by atoms with Crippen LogP contribution in [0.3, 0.4) is 0 Å². The average molecular weight is 576 g/mol. The summed E-state index contributed by atoms with van der Waals surface area (Å²) in [5, 5.41) is 3.16. The molecule has 1 unspecified atom stereocenters. The Kier molecular flexibility index (Phi) is 9.86. The predicted octanol–water partition coefficient (Wildman–Crippen LogP) is 5.67. The number of hydrogen-bond donors (Lipinski definition) is 1. The van der Waals surface area contributed by atoms with Crippen molar-refractivity contribution < 1.29 is 18.0 Å². The molecule has 3 aromatic rings. The van der Waals surface area contributed by atoms with Gasteiger partial charge in [-0.2, -0.15) is 0 Å². The van der Waals surface area contributed by atoms with Gasteiger partial charge in [-0.15, -0.1) is 0 Å². The number of anilines is 1. The maximum atomic E-state index is 14.3. The zero-order chi connectivity index (χ0) is 29.6. The number of nitrogens with one attached hydrogen (secondary N) is 1. The zero-order valence-electron chi connectivity index (χ0n) is 24.5. The highest BCUT2D eigenvalue weighted by atomic mass is 32.2. The first kappa shape index (κ1) is 30.3. The molecule has 1 aliphatic rings. The summed E-state index contributed by atoms with van der Waals surface area (Å²) in [6.45, 7) is 7.41. The van der Waals surface area contributed by atoms with Crippen molar-refractivity contribution in [2.45, 2.75) is 83.3 Å². The molecule has 1 aliphatic carbocycles. The fourth-order valence-electron chi connectivity index (χ4n) is 5.53. The molecule has 0 spiro atoms. The third-order valence-electron chi connectivity index (χ3n) is 7.98. The van der Waals surface area contributed by atoms with Gasteiger partial charge in [-0.05, 0) is 74.9 Å². The minimum Gasteiger partial charge on any atom is -0.352 e. The Morgan fingerprint density at radius 3 is 2.27 bits per heavy atom. The molecule has 1 saturated carbocycles. The number of benzene rings is 3. The van der Waals surface area contributed by atoms with Crippen molar-refractivity contribution in [1.82, 2.24) is 10.2 Å². The Balaban J connectivity index is 1.74. The van der Waals surface area contributed by atoms with Gasteiger partial charge >= 0.3 is 0 Å². The van der Waals surface area contributed by atoms with Crippen LogP contribution >= 0.6 is 0 Å². The van der Waals surface area contributed by atoms with E-state index in [9.17, 15) is 18.0 Å². The average Bonchev–Trinajstić information content (AvgIpc) is 3.46. The highest BCUT2D eigenvalue weighted by Crippen LogP contribution is 2.29. The number of aryl methyl sites for hydroxylation is 2. The molecule has 0 bridgehead atoms. The second-order valence-corrected chi connectivity index (χ2v) is 12.8. The van der Waals surface area contributed by atoms with Gasteiger partial charge < -0.3 is 10.2 Å². The van der Waals surface area contributed by atoms with Crippen LogP contribution in [-0.2, 0) is 26.2 Å². The van der Waals surface area contributed by atoms with E-state index in [1.807, 2.05) is 58.0 Å². The van der Waals surface area contributed by atoms with Gasteiger partial charge in [0.15, 0.2) is 0 Å². The van der Waals surface area contributed by atoms with Crippen LogP contribution in [-0.4, -0.2) is 43.8 Å². The van der Waals surface area contributed by atoms with Crippen LogP contribution in [0.1, 0.15) is 61.3 Å². The number of amides is 2. The normalized spacial score (nSPS) is 14.4. The van der Waals surface area contributed by atoms with Crippen molar-refractivity contribution in [3.8, 4) is 0 Å². The van der Waals surface area contributed by atoms with Crippen molar-refractivity contribution in [1.29, 1.82) is 0 Å². The maximum absolute atomic E-state index is 14.3. The first-order valence-electron chi connectivity index (χ1n) is 14.4. The molecule has 1 atom stereocenters. The topological polar surface area (TPSA) is 86.8 Å². The summed E-state index contributed by atoms with van der Waals surface area (Å²) in [7, 11) is -4.09. The summed E-state index contributed by atoms with van der Waals surface area (Å²) < 4.78 is 29.3. The minimum absolute atomic E-state index is 0.102. The molecule has 3 aromatic carbocycles. The van der Waals surface area contributed by atoms with Crippen LogP contribution in [0.5, 0.6) is 0 Å². The van der Waals surface area contributed by atoms with Crippen LogP contribution in [0.15, 0.2) is 77.7 Å². The molecule has 0 heterocycles. The Labute approximate surface area is 244 Å². The van der Waals surface area contributed by atoms with E-state index >= 15 is 0 Å². The van der Waals surface area contributed by atoms with Crippen LogP contribution in [0.2, 0.25) is 0 Å². The van der Waals surface area contributed by atoms with Crippen molar-refractivity contribution in [3.63, 3.8) is 0 Å². The molecule has 0 saturated heterocycles. The second kappa shape index (κ2) is 13.3. The van der Waals surface area contributed by atoms with Gasteiger partial charge in [0.05, 0.1) is 10.6 Å². The lowest BCUT2D eigenvalue weighted by Gasteiger charge is -2.34. The van der Waals surface area contributed by atoms with E-state index in [0.29, 0.717) is 12.1 Å². The zero-order valence-corrected chi connectivity index (χ0v) is 25.3. The summed E-state index contributed by atoms with van der Waals surface area (Å²) in [4.78, 5) is 29.5. The number of nitrogens with zero attached hydrogens (tertiary/aromatic N) is 2. The van der Waals surface area contributed by atoms with E-state index < -0.39 is 28.5 Å². The van der Waals surface area contributed by atoms with Crippen LogP contribution in [0.4, 0.5) is 5.69 Å². The standard InChI is InChI=1S/C33H41N3O4S/c1-5-30(33(38)34-28-16-9-10-17-28)35(22-27-15-11-13-24(2)21-27)32(37)23-36(31-20-12-14-25(3)26(31)4)41(39,40)29-18-7-6-8-19-29/h6-8,11-15,18-21,28,30H,5,9-10,16-17,22-23H2,1-4H3,(H,34,38). The molecular weight excluding hydrogens is 534 g/mol. The monoisotopic (exact) mass is 575 g/mol. The van der Waals surface area contributed by atoms with Gasteiger partial charge in [0.1, 0.15) is 12.6 Å². The Morgan fingerprint density at radius 2 is 1.61 bits per heavy atom. The van der Waals surface area contributed by atoms with Crippen LogP contribution < -0.4 is 9.62 Å². The molecule has 1 N–H and O–H groups in total. The first-order chi connectivity index (χ1) is 19.6. The molecule has 8 heteroatoms. The Bertz CT molecular complexity index is 1470. The fraction of sp³-hybridized carbons (Fsp3) is 0.394. The summed E-state index contributed by atoms with van der Waals surface area (Å²) in [6.07, 6.45) is 4.43. The van der Waals surface area contributed by atoms with Crippen LogP contribution in [0, 0.1) is 20.8 Å². The summed E-state index contributed by atoms with van der Waals surface area (Å²) in [5.41, 5.74) is 4.07. The van der Waals surface area contributed by atoms with E-state index in [-0.39, 0.29) is 23.4 Å². The van der Waals surface area contributed by atoms with E-state index in [2.05, 4.69) is 5.32 Å². The maximum Gasteiger partial charge on any atom is 0.264 e. The highest BCUT2D eigenvalue weighted by molar-refractivity contribution is 7.92. The third-order valence-corrected chi connectivity index (χ3v) is 9.75. The molecule has 4 rings (SSSR count). The molecular formula is C33H41N3O4S. The van der Waals surface area contributed by atoms with E-state index in [4.69, 9.17) is 0 Å². The molecule has 0 aromatic heterocycles. The van der Waals surface area contributed by atoms with Crippen molar-refractivity contribution in [2.75, 3.05) is 10.8 Å². The number of carbonyl (C=O) groups excluding carboxylic acids is 2. The number of carbonyl (C=O) groups is 2. The van der Waals surface area contributed by atoms with Gasteiger partial charge in [-0.25, -0.2) is 8.42 Å². The number of sulfonamides is 1. The number of hydrogen-bond acceptors (Lipinski definition) is 4. The van der Waals surface area contributed by atoms with Crippen LogP contribution in [0.25, 0.3) is 0 Å². The third kappa shape index (κ3) is 7.17. The molecule has 41 heavy (non-hydrogen) atoms. The van der Waals surface area contributed by atoms with Gasteiger partial charge in [0.2, 0.25) is 11.8 Å². The van der Waals surface area contributed by atoms with E-state index in [1.165, 1.54) is 16.4 Å². The largest absolute Gasteiger partial charge is 0.352 e. The Hall–Kier alpha value is -3.65. The quantitative estimate of drug-likeness (QED) is 0.319. The first-order valence-corrected chi connectivity index (χ1v) is 15.8. The van der Waals surface area contributed by atoms with Crippen molar-refractivity contribution >= 4 is 27.5 Å². The molecule has 0 aliphatic heterocycles. The minimum atomic E-state index is -4.09. The van der Waals surface area contributed by atoms with Gasteiger partial charge in [0.25, 0.3) is 10.0 Å². The van der Waals surface area contributed by atoms with Crippen molar-refractivity contribution in [3.05, 3.63) is 95.1 Å². The van der Waals surface area contributed by atoms with Gasteiger partial charge in [-0.3, -0.25) is 13.9 Å². The lowest BCUT2D eigenvalue weighted by Crippen LogP contribution is -2.53. The SMILES string of the molecule is CCC(C(=O)NC1CCCC1)N(Cc1cccc(C)c1)C(=O)CN(c1cccc(C)c1C)S(=O)(=O)c1ccccc1. The lowest BCUT2D eigenvalue weighted by atomic mass is 10.1. The fourth-order valence-corrected chi connectivity index (χ4v) is 7.03. The van der Waals surface area contributed by atoms with Gasteiger partial charge in [-0.1, -0.05) is 79.9 Å². The number of rotatable bonds is 11. The molecule has 0 radical (unpaired) electrons. The van der Waals surface area contributed by atoms with Gasteiger partial charge in [0, 0.05) is 12.6 Å². The predicted molar refractivity (Wildman–Crippen MR) is 163 cm³/mol. The molecule has 218 valence electrons. The molecule has 1 fully saturated rings. The summed E-state index contributed by atoms with van der Waals surface area (Å²) >= 11 is 0. The molecule has 2 amide bonds. The van der Waals surface area contributed by atoms with E-state index in [1.54, 1.807) is 35.2 Å². The smallest absolute Gasteiger partial charge is 0.264 e. The highest BCUT2D eigenvalue weighted by Gasteiger charge is 2.35. The van der Waals surface area contributed by atoms with E-state index in [0.717, 1.165) is 47.9 Å². The Morgan fingerprint density at radius 1 is 0.927 bits per heavy atom. The second-order valence-electron chi connectivity index (χ2n) is 11.0. The van der Waals surface area contributed by atoms with Crippen molar-refractivity contribution in [2.24, 2.45) is 0 Å².